The van der Waals surface area contributed by atoms with E-state index in [9.17, 15) is 4.79 Å². The van der Waals surface area contributed by atoms with Gasteiger partial charge in [0.1, 0.15) is 0 Å². The van der Waals surface area contributed by atoms with Crippen molar-refractivity contribution < 1.29 is 4.79 Å². The third kappa shape index (κ3) is 3.81. The predicted molar refractivity (Wildman–Crippen MR) is 48.3 cm³/mol. The lowest BCUT2D eigenvalue weighted by Crippen LogP contribution is -2.12. The molecule has 0 bridgehead atoms. The summed E-state index contributed by atoms with van der Waals surface area (Å²) in [5.74, 6) is 0.204. The molecule has 3 heteroatoms. The highest BCUT2D eigenvalue weighted by molar-refractivity contribution is 5.77. The molecule has 1 fully saturated rings. The minimum absolute atomic E-state index is 0.204. The Morgan fingerprint density at radius 2 is 2.00 bits per heavy atom. The van der Waals surface area contributed by atoms with Crippen molar-refractivity contribution in [2.24, 2.45) is 0 Å². The Bertz CT molecular complexity index is 169. The molecule has 12 heavy (non-hydrogen) atoms. The average molecular weight is 166 g/mol. The Kier molecular flexibility index (Phi) is 3.98. The normalized spacial score (nSPS) is 19.2. The number of amides is 1. The first-order valence-electron chi connectivity index (χ1n) is 4.22. The van der Waals surface area contributed by atoms with Crippen LogP contribution in [-0.4, -0.2) is 12.5 Å². The van der Waals surface area contributed by atoms with Gasteiger partial charge in [0, 0.05) is 13.0 Å². The highest BCUT2D eigenvalue weighted by Crippen LogP contribution is 1.93. The highest BCUT2D eigenvalue weighted by atomic mass is 16.1. The van der Waals surface area contributed by atoms with Crippen LogP contribution in [0, 0.1) is 0 Å². The van der Waals surface area contributed by atoms with Gasteiger partial charge in [-0.25, -0.2) is 0 Å². The number of rotatable bonds is 0. The van der Waals surface area contributed by atoms with E-state index >= 15 is 0 Å². The molecule has 2 rings (SSSR count). The summed E-state index contributed by atoms with van der Waals surface area (Å²) in [4.78, 5) is 10.1. The van der Waals surface area contributed by atoms with Crippen LogP contribution >= 0.6 is 0 Å². The van der Waals surface area contributed by atoms with E-state index in [1.165, 1.54) is 0 Å². The van der Waals surface area contributed by atoms with E-state index in [1.54, 1.807) is 0 Å². The Labute approximate surface area is 72.5 Å². The quantitative estimate of drug-likeness (QED) is 0.561. The van der Waals surface area contributed by atoms with Gasteiger partial charge in [0.05, 0.1) is 0 Å². The van der Waals surface area contributed by atoms with Crippen molar-refractivity contribution in [3.63, 3.8) is 0 Å². The van der Waals surface area contributed by atoms with E-state index in [4.69, 9.17) is 0 Å². The summed E-state index contributed by atoms with van der Waals surface area (Å²) in [6.45, 7) is 0.888. The lowest BCUT2D eigenvalue weighted by atomic mass is 10.4. The minimum atomic E-state index is 0.204. The summed E-state index contributed by atoms with van der Waals surface area (Å²) in [6, 6.07) is 0. The molecule has 0 saturated carbocycles. The van der Waals surface area contributed by atoms with Crippen molar-refractivity contribution in [1.29, 1.82) is 0 Å². The largest absolute Gasteiger partial charge is 0.368 e. The van der Waals surface area contributed by atoms with Crippen molar-refractivity contribution in [2.45, 2.75) is 19.3 Å². The van der Waals surface area contributed by atoms with Crippen molar-refractivity contribution in [3.8, 4) is 0 Å². The Balaban J connectivity index is 0.000000120. The van der Waals surface area contributed by atoms with Crippen LogP contribution in [0.3, 0.4) is 0 Å². The molecule has 0 radical (unpaired) electrons. The summed E-state index contributed by atoms with van der Waals surface area (Å²) in [7, 11) is 0. The molecule has 2 aliphatic rings. The van der Waals surface area contributed by atoms with Gasteiger partial charge in [-0.05, 0) is 25.2 Å². The van der Waals surface area contributed by atoms with Gasteiger partial charge in [-0.3, -0.25) is 4.79 Å². The topological polar surface area (TPSA) is 41.1 Å². The van der Waals surface area contributed by atoms with Crippen LogP contribution in [0.1, 0.15) is 19.3 Å². The van der Waals surface area contributed by atoms with Crippen molar-refractivity contribution in [1.82, 2.24) is 10.6 Å². The van der Waals surface area contributed by atoms with Crippen LogP contribution in [0.2, 0.25) is 0 Å². The maximum Gasteiger partial charge on any atom is 0.220 e. The van der Waals surface area contributed by atoms with Crippen LogP contribution in [-0.2, 0) is 4.79 Å². The molecule has 1 saturated heterocycles. The van der Waals surface area contributed by atoms with Crippen LogP contribution < -0.4 is 10.6 Å². The zero-order valence-electron chi connectivity index (χ0n) is 7.05. The van der Waals surface area contributed by atoms with E-state index in [0.717, 1.165) is 25.8 Å². The van der Waals surface area contributed by atoms with Gasteiger partial charge in [0.15, 0.2) is 0 Å². The maximum absolute atomic E-state index is 10.1. The van der Waals surface area contributed by atoms with Crippen molar-refractivity contribution in [3.05, 3.63) is 24.6 Å². The van der Waals surface area contributed by atoms with Gasteiger partial charge in [0.25, 0.3) is 0 Å². The van der Waals surface area contributed by atoms with Gasteiger partial charge in [-0.2, -0.15) is 0 Å². The van der Waals surface area contributed by atoms with E-state index in [0.29, 0.717) is 0 Å². The van der Waals surface area contributed by atoms with Gasteiger partial charge >= 0.3 is 0 Å². The summed E-state index contributed by atoms with van der Waals surface area (Å²) in [5.41, 5.74) is 0. The molecule has 0 aliphatic carbocycles. The van der Waals surface area contributed by atoms with Gasteiger partial charge in [-0.15, -0.1) is 0 Å². The van der Waals surface area contributed by atoms with Crippen molar-refractivity contribution >= 4 is 5.91 Å². The predicted octanol–water partition coefficient (Wildman–Crippen LogP) is 0.903. The molecule has 0 aromatic rings. The average Bonchev–Trinajstić information content (AvgIpc) is 2.60. The van der Waals surface area contributed by atoms with E-state index in [-0.39, 0.29) is 5.91 Å². The van der Waals surface area contributed by atoms with E-state index in [1.807, 2.05) is 12.4 Å². The second-order valence-electron chi connectivity index (χ2n) is 2.66. The zero-order chi connectivity index (χ0) is 8.65. The summed E-state index contributed by atoms with van der Waals surface area (Å²) in [6.07, 6.45) is 10.8. The standard InChI is InChI=1S/C5H7N.C4H7NO/c1-2-4-6-5-3-1;6-4-2-1-3-5-4/h2-6H,1H2;1-3H2,(H,5,6). The molecule has 0 atom stereocenters. The molecule has 0 aromatic heterocycles. The Morgan fingerprint density at radius 3 is 2.17 bits per heavy atom. The number of hydrogen-bond donors (Lipinski definition) is 2. The lowest BCUT2D eigenvalue weighted by Gasteiger charge is -1.92. The Morgan fingerprint density at radius 1 is 1.25 bits per heavy atom. The number of nitrogens with one attached hydrogen (secondary N) is 2. The fourth-order valence-corrected chi connectivity index (χ4v) is 0.971. The first-order valence-corrected chi connectivity index (χ1v) is 4.22. The third-order valence-corrected chi connectivity index (χ3v) is 1.60. The van der Waals surface area contributed by atoms with Gasteiger partial charge in [-0.1, -0.05) is 12.2 Å². The van der Waals surface area contributed by atoms with E-state index < -0.39 is 0 Å². The third-order valence-electron chi connectivity index (χ3n) is 1.60. The SMILES string of the molecule is C1=CNC=CC1.O=C1CCCN1. The minimum Gasteiger partial charge on any atom is -0.368 e. The van der Waals surface area contributed by atoms with Crippen LogP contribution in [0.15, 0.2) is 24.6 Å². The monoisotopic (exact) mass is 166 g/mol. The molecule has 2 aliphatic heterocycles. The molecule has 0 spiro atoms. The summed E-state index contributed by atoms with van der Waals surface area (Å²) < 4.78 is 0. The second kappa shape index (κ2) is 5.41. The first kappa shape index (κ1) is 8.84. The van der Waals surface area contributed by atoms with Gasteiger partial charge < -0.3 is 10.6 Å². The van der Waals surface area contributed by atoms with Crippen molar-refractivity contribution in [2.75, 3.05) is 6.54 Å². The number of carbonyl (C=O) groups is 1. The van der Waals surface area contributed by atoms with Crippen LogP contribution in [0.5, 0.6) is 0 Å². The molecule has 1 amide bonds. The molecular weight excluding hydrogens is 152 g/mol. The molecule has 0 aromatic carbocycles. The highest BCUT2D eigenvalue weighted by Gasteiger charge is 2.05. The molecule has 2 N–H and O–H groups in total. The molecule has 2 heterocycles. The first-order chi connectivity index (χ1) is 5.89. The molecule has 3 nitrogen and oxygen atoms in total. The van der Waals surface area contributed by atoms with E-state index in [2.05, 4.69) is 22.8 Å². The van der Waals surface area contributed by atoms with Gasteiger partial charge in [0.2, 0.25) is 5.91 Å². The molecule has 0 unspecified atom stereocenters. The van der Waals surface area contributed by atoms with Crippen LogP contribution in [0.25, 0.3) is 0 Å². The fraction of sp³-hybridized carbons (Fsp3) is 0.444. The fourth-order valence-electron chi connectivity index (χ4n) is 0.971. The smallest absolute Gasteiger partial charge is 0.220 e. The molecular formula is C9H14N2O. The second-order valence-corrected chi connectivity index (χ2v) is 2.66. The Hall–Kier alpha value is -1.25. The number of hydrogen-bond acceptors (Lipinski definition) is 2. The summed E-state index contributed by atoms with van der Waals surface area (Å²) in [5, 5.41) is 5.60. The zero-order valence-corrected chi connectivity index (χ0v) is 7.05. The number of carbonyl (C=O) groups excluding carboxylic acids is 1. The number of allylic oxidation sites excluding steroid dienone is 2. The van der Waals surface area contributed by atoms with Crippen LogP contribution in [0.4, 0.5) is 0 Å². The summed E-state index contributed by atoms with van der Waals surface area (Å²) >= 11 is 0. The lowest BCUT2D eigenvalue weighted by molar-refractivity contribution is -0.119. The maximum atomic E-state index is 10.1. The number of dihydropyridines is 1. The molecule has 66 valence electrons.